The van der Waals surface area contributed by atoms with Crippen LogP contribution in [0.1, 0.15) is 62.3 Å². The molecule has 4 nitrogen and oxygen atoms in total. The molecule has 1 rings (SSSR count). The minimum Gasteiger partial charge on any atom is -0.380 e. The Balaban J connectivity index is 2.74. The zero-order chi connectivity index (χ0) is 14.3. The van der Waals surface area contributed by atoms with Gasteiger partial charge in [-0.05, 0) is 26.2 Å². The summed E-state index contributed by atoms with van der Waals surface area (Å²) in [6.07, 6.45) is 3.87. The summed E-state index contributed by atoms with van der Waals surface area (Å²) in [7, 11) is 0. The topological polar surface area (TPSA) is 44.1 Å². The Labute approximate surface area is 116 Å². The Morgan fingerprint density at radius 2 is 1.95 bits per heavy atom. The van der Waals surface area contributed by atoms with Crippen molar-refractivity contribution in [2.45, 2.75) is 59.9 Å². The van der Waals surface area contributed by atoms with Crippen molar-refractivity contribution < 1.29 is 9.53 Å². The number of rotatable bonds is 9. The molecule has 0 fully saturated rings. The maximum absolute atomic E-state index is 11.7. The zero-order valence-electron chi connectivity index (χ0n) is 12.7. The molecule has 0 bridgehead atoms. The SMILES string of the molecule is CCCCOCCn1nc(CC)c(C(C)=O)c1CC. The highest BCUT2D eigenvalue weighted by Gasteiger charge is 2.18. The summed E-state index contributed by atoms with van der Waals surface area (Å²) < 4.78 is 7.52. The lowest BCUT2D eigenvalue weighted by molar-refractivity contribution is 0.101. The molecular weight excluding hydrogens is 240 g/mol. The summed E-state index contributed by atoms with van der Waals surface area (Å²) in [5, 5.41) is 4.55. The molecule has 0 amide bonds. The fourth-order valence-corrected chi connectivity index (χ4v) is 2.25. The molecule has 0 saturated carbocycles. The molecule has 1 aromatic heterocycles. The van der Waals surface area contributed by atoms with Crippen molar-refractivity contribution in [3.05, 3.63) is 17.0 Å². The van der Waals surface area contributed by atoms with Crippen LogP contribution in [0.2, 0.25) is 0 Å². The van der Waals surface area contributed by atoms with Crippen LogP contribution in [0.4, 0.5) is 0 Å². The molecule has 0 N–H and O–H groups in total. The molecular formula is C15H26N2O2. The first kappa shape index (κ1) is 15.9. The van der Waals surface area contributed by atoms with Crippen molar-refractivity contribution in [3.8, 4) is 0 Å². The normalized spacial score (nSPS) is 10.9. The fourth-order valence-electron chi connectivity index (χ4n) is 2.25. The summed E-state index contributed by atoms with van der Waals surface area (Å²) in [6.45, 7) is 10.1. The van der Waals surface area contributed by atoms with Gasteiger partial charge in [0.2, 0.25) is 0 Å². The van der Waals surface area contributed by atoms with E-state index in [-0.39, 0.29) is 5.78 Å². The van der Waals surface area contributed by atoms with E-state index in [1.54, 1.807) is 6.92 Å². The van der Waals surface area contributed by atoms with Gasteiger partial charge in [0, 0.05) is 12.3 Å². The quantitative estimate of drug-likeness (QED) is 0.510. The van der Waals surface area contributed by atoms with Gasteiger partial charge in [0.25, 0.3) is 0 Å². The predicted octanol–water partition coefficient (Wildman–Crippen LogP) is 3.03. The maximum atomic E-state index is 11.7. The lowest BCUT2D eigenvalue weighted by atomic mass is 10.1. The first-order valence-corrected chi connectivity index (χ1v) is 7.32. The lowest BCUT2D eigenvalue weighted by Crippen LogP contribution is -2.11. The van der Waals surface area contributed by atoms with Gasteiger partial charge in [-0.3, -0.25) is 9.48 Å². The summed E-state index contributed by atoms with van der Waals surface area (Å²) >= 11 is 0. The van der Waals surface area contributed by atoms with E-state index in [0.717, 1.165) is 55.8 Å². The third-order valence-electron chi connectivity index (χ3n) is 3.24. The van der Waals surface area contributed by atoms with E-state index >= 15 is 0 Å². The molecule has 108 valence electrons. The zero-order valence-corrected chi connectivity index (χ0v) is 12.7. The number of unbranched alkanes of at least 4 members (excludes halogenated alkanes) is 1. The number of nitrogens with zero attached hydrogens (tertiary/aromatic N) is 2. The van der Waals surface area contributed by atoms with Crippen LogP contribution in [0.25, 0.3) is 0 Å². The Kier molecular flexibility index (Phi) is 6.78. The standard InChI is InChI=1S/C15H26N2O2/c1-5-8-10-19-11-9-17-14(7-3)15(12(4)18)13(6-2)16-17/h5-11H2,1-4H3. The van der Waals surface area contributed by atoms with Crippen LogP contribution in [0.5, 0.6) is 0 Å². The van der Waals surface area contributed by atoms with Gasteiger partial charge in [-0.25, -0.2) is 0 Å². The van der Waals surface area contributed by atoms with Crippen LogP contribution in [-0.4, -0.2) is 28.8 Å². The summed E-state index contributed by atoms with van der Waals surface area (Å²) in [5.41, 5.74) is 2.78. The molecule has 0 aromatic carbocycles. The van der Waals surface area contributed by atoms with Crippen LogP contribution in [0.3, 0.4) is 0 Å². The van der Waals surface area contributed by atoms with Gasteiger partial charge in [-0.15, -0.1) is 0 Å². The first-order valence-electron chi connectivity index (χ1n) is 7.32. The van der Waals surface area contributed by atoms with Gasteiger partial charge in [-0.2, -0.15) is 5.10 Å². The Hall–Kier alpha value is -1.16. The van der Waals surface area contributed by atoms with E-state index in [0.29, 0.717) is 6.61 Å². The van der Waals surface area contributed by atoms with Crippen molar-refractivity contribution in [1.82, 2.24) is 9.78 Å². The minimum atomic E-state index is 0.117. The molecule has 1 aromatic rings. The number of hydrogen-bond donors (Lipinski definition) is 0. The smallest absolute Gasteiger partial charge is 0.163 e. The van der Waals surface area contributed by atoms with Crippen molar-refractivity contribution in [3.63, 3.8) is 0 Å². The highest BCUT2D eigenvalue weighted by Crippen LogP contribution is 2.17. The third-order valence-corrected chi connectivity index (χ3v) is 3.24. The van der Waals surface area contributed by atoms with Crippen LogP contribution in [0, 0.1) is 0 Å². The van der Waals surface area contributed by atoms with Gasteiger partial charge < -0.3 is 4.74 Å². The molecule has 0 aliphatic heterocycles. The van der Waals surface area contributed by atoms with Crippen LogP contribution >= 0.6 is 0 Å². The second-order valence-electron chi connectivity index (χ2n) is 4.72. The van der Waals surface area contributed by atoms with Gasteiger partial charge in [0.05, 0.1) is 24.4 Å². The molecule has 0 radical (unpaired) electrons. The number of aryl methyl sites for hydroxylation is 1. The van der Waals surface area contributed by atoms with E-state index in [4.69, 9.17) is 4.74 Å². The summed E-state index contributed by atoms with van der Waals surface area (Å²) in [4.78, 5) is 11.7. The van der Waals surface area contributed by atoms with Crippen LogP contribution in [-0.2, 0) is 24.1 Å². The number of hydrogen-bond acceptors (Lipinski definition) is 3. The number of ether oxygens (including phenoxy) is 1. The second kappa shape index (κ2) is 8.10. The van der Waals surface area contributed by atoms with Crippen molar-refractivity contribution in [1.29, 1.82) is 0 Å². The monoisotopic (exact) mass is 266 g/mol. The Morgan fingerprint density at radius 1 is 1.21 bits per heavy atom. The second-order valence-corrected chi connectivity index (χ2v) is 4.72. The first-order chi connectivity index (χ1) is 9.15. The fraction of sp³-hybridized carbons (Fsp3) is 0.733. The minimum absolute atomic E-state index is 0.117. The van der Waals surface area contributed by atoms with E-state index < -0.39 is 0 Å². The van der Waals surface area contributed by atoms with Crippen molar-refractivity contribution in [2.24, 2.45) is 0 Å². The number of aromatic nitrogens is 2. The van der Waals surface area contributed by atoms with Gasteiger partial charge in [0.1, 0.15) is 0 Å². The van der Waals surface area contributed by atoms with Crippen molar-refractivity contribution in [2.75, 3.05) is 13.2 Å². The van der Waals surface area contributed by atoms with E-state index in [1.165, 1.54) is 0 Å². The summed E-state index contributed by atoms with van der Waals surface area (Å²) in [5.74, 6) is 0.117. The maximum Gasteiger partial charge on any atom is 0.163 e. The molecule has 4 heteroatoms. The highest BCUT2D eigenvalue weighted by molar-refractivity contribution is 5.96. The lowest BCUT2D eigenvalue weighted by Gasteiger charge is -2.07. The number of carbonyl (C=O) groups excluding carboxylic acids is 1. The molecule has 0 aliphatic rings. The van der Waals surface area contributed by atoms with E-state index in [9.17, 15) is 4.79 Å². The van der Waals surface area contributed by atoms with E-state index in [1.807, 2.05) is 11.6 Å². The third kappa shape index (κ3) is 4.16. The number of Topliss-reactive ketones (excluding diaryl/α,β-unsaturated/α-hetero) is 1. The average Bonchev–Trinajstić information content (AvgIpc) is 2.76. The number of ketones is 1. The van der Waals surface area contributed by atoms with Crippen LogP contribution in [0.15, 0.2) is 0 Å². The van der Waals surface area contributed by atoms with Crippen LogP contribution < -0.4 is 0 Å². The Bertz CT molecular complexity index is 411. The van der Waals surface area contributed by atoms with Crippen molar-refractivity contribution >= 4 is 5.78 Å². The van der Waals surface area contributed by atoms with Gasteiger partial charge in [0.15, 0.2) is 5.78 Å². The average molecular weight is 266 g/mol. The predicted molar refractivity (Wildman–Crippen MR) is 76.7 cm³/mol. The largest absolute Gasteiger partial charge is 0.380 e. The summed E-state index contributed by atoms with van der Waals surface area (Å²) in [6, 6.07) is 0. The van der Waals surface area contributed by atoms with Gasteiger partial charge >= 0.3 is 0 Å². The molecule has 0 atom stereocenters. The molecule has 0 unspecified atom stereocenters. The highest BCUT2D eigenvalue weighted by atomic mass is 16.5. The molecule has 0 saturated heterocycles. The molecule has 19 heavy (non-hydrogen) atoms. The Morgan fingerprint density at radius 3 is 2.47 bits per heavy atom. The van der Waals surface area contributed by atoms with E-state index in [2.05, 4.69) is 18.9 Å². The molecule has 1 heterocycles. The molecule has 0 spiro atoms. The number of carbonyl (C=O) groups is 1. The molecule has 0 aliphatic carbocycles. The van der Waals surface area contributed by atoms with Gasteiger partial charge in [-0.1, -0.05) is 27.2 Å².